The van der Waals surface area contributed by atoms with Crippen molar-refractivity contribution in [2.75, 3.05) is 5.32 Å². The fourth-order valence-corrected chi connectivity index (χ4v) is 2.31. The minimum absolute atomic E-state index is 0.117. The zero-order valence-electron chi connectivity index (χ0n) is 13.5. The lowest BCUT2D eigenvalue weighted by molar-refractivity contribution is -0.117. The van der Waals surface area contributed by atoms with Crippen molar-refractivity contribution in [3.05, 3.63) is 59.9 Å². The predicted octanol–water partition coefficient (Wildman–Crippen LogP) is 2.21. The third-order valence-corrected chi connectivity index (χ3v) is 3.73. The molecule has 0 aliphatic heterocycles. The number of rotatable bonds is 5. The largest absolute Gasteiger partial charge is 0.326 e. The Kier molecular flexibility index (Phi) is 4.80. The number of H-pyrrole nitrogens is 1. The fraction of sp³-hybridized carbons (Fsp3) is 0.176. The molecule has 1 unspecified atom stereocenters. The van der Waals surface area contributed by atoms with Gasteiger partial charge in [0.25, 0.3) is 0 Å². The van der Waals surface area contributed by atoms with Gasteiger partial charge in [0.05, 0.1) is 18.2 Å². The lowest BCUT2D eigenvalue weighted by Crippen LogP contribution is -2.20. The van der Waals surface area contributed by atoms with Crippen molar-refractivity contribution >= 4 is 11.6 Å². The number of aromatic amines is 1. The summed E-state index contributed by atoms with van der Waals surface area (Å²) in [6.07, 6.45) is 1.46. The molecule has 0 aliphatic rings. The number of carbonyl (C=O) groups excluding carboxylic acids is 1. The highest BCUT2D eigenvalue weighted by Gasteiger charge is 2.20. The Balaban J connectivity index is 1.70. The van der Waals surface area contributed by atoms with E-state index >= 15 is 0 Å². The molecule has 4 N–H and O–H groups in total. The maximum atomic E-state index is 13.7. The number of hydrogen-bond acceptors (Lipinski definition) is 5. The Morgan fingerprint density at radius 3 is 2.72 bits per heavy atom. The van der Waals surface area contributed by atoms with E-state index in [1.54, 1.807) is 31.2 Å². The standard InChI is InChI=1S/C17H17FN6O/c1-10(15-13(18)3-2-8-20-15)17(25)21-12-6-4-11(5-7-12)16-22-14(9-19)23-24-16/h2-8,10H,9,19H2,1H3,(H,21,25)(H,22,23,24). The first-order chi connectivity index (χ1) is 12.1. The molecule has 0 spiro atoms. The average Bonchev–Trinajstić information content (AvgIpc) is 3.11. The number of amides is 1. The van der Waals surface area contributed by atoms with Gasteiger partial charge in [0.15, 0.2) is 5.82 Å². The van der Waals surface area contributed by atoms with E-state index in [9.17, 15) is 9.18 Å². The lowest BCUT2D eigenvalue weighted by atomic mass is 10.1. The van der Waals surface area contributed by atoms with Gasteiger partial charge in [-0.05, 0) is 43.3 Å². The Hall–Kier alpha value is -3.13. The summed E-state index contributed by atoms with van der Waals surface area (Å²) in [5, 5.41) is 9.56. The van der Waals surface area contributed by atoms with E-state index in [0.29, 0.717) is 17.3 Å². The summed E-state index contributed by atoms with van der Waals surface area (Å²) in [7, 11) is 0. The van der Waals surface area contributed by atoms with E-state index < -0.39 is 11.7 Å². The van der Waals surface area contributed by atoms with Crippen molar-refractivity contribution in [1.29, 1.82) is 0 Å². The van der Waals surface area contributed by atoms with Gasteiger partial charge in [0.2, 0.25) is 5.91 Å². The van der Waals surface area contributed by atoms with Crippen molar-refractivity contribution in [2.24, 2.45) is 5.73 Å². The highest BCUT2D eigenvalue weighted by atomic mass is 19.1. The number of hydrogen-bond donors (Lipinski definition) is 3. The maximum absolute atomic E-state index is 13.7. The van der Waals surface area contributed by atoms with Gasteiger partial charge in [-0.15, -0.1) is 0 Å². The van der Waals surface area contributed by atoms with Crippen LogP contribution in [0.25, 0.3) is 11.4 Å². The van der Waals surface area contributed by atoms with Crippen LogP contribution in [0, 0.1) is 5.82 Å². The van der Waals surface area contributed by atoms with Crippen molar-refractivity contribution < 1.29 is 9.18 Å². The van der Waals surface area contributed by atoms with Crippen LogP contribution in [0.5, 0.6) is 0 Å². The number of aromatic nitrogens is 4. The summed E-state index contributed by atoms with van der Waals surface area (Å²) in [6, 6.07) is 9.80. The number of anilines is 1. The van der Waals surface area contributed by atoms with Crippen molar-refractivity contribution in [3.63, 3.8) is 0 Å². The number of carbonyl (C=O) groups is 1. The third kappa shape index (κ3) is 3.69. The van der Waals surface area contributed by atoms with Crippen molar-refractivity contribution in [3.8, 4) is 11.4 Å². The van der Waals surface area contributed by atoms with Crippen molar-refractivity contribution in [2.45, 2.75) is 19.4 Å². The summed E-state index contributed by atoms with van der Waals surface area (Å²) >= 11 is 0. The Labute approximate surface area is 143 Å². The Morgan fingerprint density at radius 1 is 1.32 bits per heavy atom. The van der Waals surface area contributed by atoms with Gasteiger partial charge in [0, 0.05) is 17.4 Å². The summed E-state index contributed by atoms with van der Waals surface area (Å²) in [5.74, 6) is -0.420. The van der Waals surface area contributed by atoms with Gasteiger partial charge in [-0.1, -0.05) is 0 Å². The average molecular weight is 340 g/mol. The zero-order valence-corrected chi connectivity index (χ0v) is 13.5. The van der Waals surface area contributed by atoms with Gasteiger partial charge < -0.3 is 11.1 Å². The van der Waals surface area contributed by atoms with Gasteiger partial charge >= 0.3 is 0 Å². The molecule has 1 aromatic carbocycles. The predicted molar refractivity (Wildman–Crippen MR) is 90.9 cm³/mol. The molecule has 2 heterocycles. The molecule has 7 nitrogen and oxygen atoms in total. The van der Waals surface area contributed by atoms with E-state index in [1.165, 1.54) is 18.3 Å². The summed E-state index contributed by atoms with van der Waals surface area (Å²) in [4.78, 5) is 20.5. The molecule has 0 saturated heterocycles. The molecule has 3 rings (SSSR count). The highest BCUT2D eigenvalue weighted by Crippen LogP contribution is 2.21. The van der Waals surface area contributed by atoms with Gasteiger partial charge in [-0.2, -0.15) is 5.10 Å². The lowest BCUT2D eigenvalue weighted by Gasteiger charge is -2.12. The quantitative estimate of drug-likeness (QED) is 0.660. The van der Waals surface area contributed by atoms with Crippen LogP contribution in [0.2, 0.25) is 0 Å². The topological polar surface area (TPSA) is 110 Å². The second-order valence-corrected chi connectivity index (χ2v) is 5.47. The molecular weight excluding hydrogens is 323 g/mol. The molecule has 25 heavy (non-hydrogen) atoms. The molecule has 0 fully saturated rings. The highest BCUT2D eigenvalue weighted by molar-refractivity contribution is 5.95. The molecule has 0 radical (unpaired) electrons. The molecule has 8 heteroatoms. The van der Waals surface area contributed by atoms with Crippen LogP contribution in [-0.4, -0.2) is 26.1 Å². The normalized spacial score (nSPS) is 12.0. The maximum Gasteiger partial charge on any atom is 0.233 e. The van der Waals surface area contributed by atoms with Gasteiger partial charge in [-0.25, -0.2) is 9.37 Å². The first-order valence-corrected chi connectivity index (χ1v) is 7.71. The van der Waals surface area contributed by atoms with Crippen LogP contribution in [0.4, 0.5) is 10.1 Å². The third-order valence-electron chi connectivity index (χ3n) is 3.73. The van der Waals surface area contributed by atoms with E-state index in [1.807, 2.05) is 0 Å². The molecule has 0 bridgehead atoms. The first-order valence-electron chi connectivity index (χ1n) is 7.71. The molecule has 2 aromatic heterocycles. The molecule has 1 atom stereocenters. The van der Waals surface area contributed by atoms with E-state index in [4.69, 9.17) is 5.73 Å². The van der Waals surface area contributed by atoms with E-state index in [-0.39, 0.29) is 18.1 Å². The SMILES string of the molecule is CC(C(=O)Nc1ccc(-c2n[nH]c(CN)n2)cc1)c1ncccc1F. The molecular formula is C17H17FN6O. The number of benzene rings is 1. The number of pyridine rings is 1. The number of nitrogens with zero attached hydrogens (tertiary/aromatic N) is 3. The molecule has 3 aromatic rings. The summed E-state index contributed by atoms with van der Waals surface area (Å²) < 4.78 is 13.7. The van der Waals surface area contributed by atoms with Crippen LogP contribution < -0.4 is 11.1 Å². The van der Waals surface area contributed by atoms with Crippen LogP contribution in [0.1, 0.15) is 24.4 Å². The van der Waals surface area contributed by atoms with Crippen LogP contribution in [0.3, 0.4) is 0 Å². The van der Waals surface area contributed by atoms with Crippen LogP contribution in [0.15, 0.2) is 42.6 Å². The van der Waals surface area contributed by atoms with E-state index in [2.05, 4.69) is 25.5 Å². The first kappa shape index (κ1) is 16.7. The minimum Gasteiger partial charge on any atom is -0.326 e. The number of halogens is 1. The zero-order chi connectivity index (χ0) is 17.8. The van der Waals surface area contributed by atoms with Crippen molar-refractivity contribution in [1.82, 2.24) is 20.2 Å². The van der Waals surface area contributed by atoms with Crippen LogP contribution >= 0.6 is 0 Å². The summed E-state index contributed by atoms with van der Waals surface area (Å²) in [5.41, 5.74) is 6.99. The molecule has 1 amide bonds. The molecule has 0 aliphatic carbocycles. The summed E-state index contributed by atoms with van der Waals surface area (Å²) in [6.45, 7) is 1.89. The second-order valence-electron chi connectivity index (χ2n) is 5.47. The molecule has 128 valence electrons. The number of nitrogens with two attached hydrogens (primary N) is 1. The monoisotopic (exact) mass is 340 g/mol. The van der Waals surface area contributed by atoms with Gasteiger partial charge in [-0.3, -0.25) is 14.9 Å². The smallest absolute Gasteiger partial charge is 0.233 e. The second kappa shape index (κ2) is 7.18. The molecule has 0 saturated carbocycles. The Bertz CT molecular complexity index is 877. The fourth-order valence-electron chi connectivity index (χ4n) is 2.31. The van der Waals surface area contributed by atoms with Crippen LogP contribution in [-0.2, 0) is 11.3 Å². The van der Waals surface area contributed by atoms with E-state index in [0.717, 1.165) is 5.56 Å². The van der Waals surface area contributed by atoms with Gasteiger partial charge in [0.1, 0.15) is 11.6 Å². The Morgan fingerprint density at radius 2 is 2.08 bits per heavy atom. The minimum atomic E-state index is -0.707. The number of nitrogens with one attached hydrogen (secondary N) is 2.